The summed E-state index contributed by atoms with van der Waals surface area (Å²) in [5.74, 6) is 0.816. The van der Waals surface area contributed by atoms with E-state index < -0.39 is 5.60 Å². The van der Waals surface area contributed by atoms with Crippen LogP contribution in [0.1, 0.15) is 22.6 Å². The number of benzene rings is 1. The molecule has 1 unspecified atom stereocenters. The topological polar surface area (TPSA) is 45.6 Å². The fourth-order valence-electron chi connectivity index (χ4n) is 2.73. The highest BCUT2D eigenvalue weighted by molar-refractivity contribution is 7.09. The Hall–Kier alpha value is -1.43. The van der Waals surface area contributed by atoms with Crippen LogP contribution < -0.4 is 4.74 Å². The lowest BCUT2D eigenvalue weighted by atomic mass is 10.1. The van der Waals surface area contributed by atoms with E-state index in [2.05, 4.69) is 9.88 Å². The Kier molecular flexibility index (Phi) is 4.47. The second-order valence-electron chi connectivity index (χ2n) is 6.15. The summed E-state index contributed by atoms with van der Waals surface area (Å²) >= 11 is 1.68. The van der Waals surface area contributed by atoms with Gasteiger partial charge in [0, 0.05) is 24.5 Å². The number of nitrogens with zero attached hydrogens (tertiary/aromatic N) is 2. The SMILES string of the molecule is Cc1ccc(OCC2(O)CCN(Cc3scnc3C)C2)cc1. The fourth-order valence-corrected chi connectivity index (χ4v) is 3.55. The Morgan fingerprint density at radius 2 is 2.09 bits per heavy atom. The van der Waals surface area contributed by atoms with E-state index in [4.69, 9.17) is 4.74 Å². The number of rotatable bonds is 5. The third-order valence-corrected chi connectivity index (χ3v) is 5.07. The molecule has 1 N–H and O–H groups in total. The summed E-state index contributed by atoms with van der Waals surface area (Å²) in [6, 6.07) is 7.94. The van der Waals surface area contributed by atoms with Gasteiger partial charge in [0.2, 0.25) is 0 Å². The van der Waals surface area contributed by atoms with Crippen LogP contribution in [0.2, 0.25) is 0 Å². The van der Waals surface area contributed by atoms with Gasteiger partial charge in [0.15, 0.2) is 0 Å². The molecule has 1 aliphatic rings. The maximum absolute atomic E-state index is 10.7. The molecule has 2 aromatic rings. The van der Waals surface area contributed by atoms with Crippen molar-refractivity contribution in [3.63, 3.8) is 0 Å². The molecule has 0 amide bonds. The summed E-state index contributed by atoms with van der Waals surface area (Å²) < 4.78 is 5.77. The van der Waals surface area contributed by atoms with Crippen LogP contribution in [0.15, 0.2) is 29.8 Å². The van der Waals surface area contributed by atoms with Crippen LogP contribution in [0.4, 0.5) is 0 Å². The van der Waals surface area contributed by atoms with Crippen LogP contribution in [0, 0.1) is 13.8 Å². The molecule has 118 valence electrons. The molecule has 1 aromatic carbocycles. The van der Waals surface area contributed by atoms with Crippen LogP contribution in [0.25, 0.3) is 0 Å². The molecule has 0 spiro atoms. The third kappa shape index (κ3) is 3.66. The second-order valence-corrected chi connectivity index (χ2v) is 7.09. The molecule has 22 heavy (non-hydrogen) atoms. The van der Waals surface area contributed by atoms with E-state index in [1.807, 2.05) is 43.6 Å². The van der Waals surface area contributed by atoms with Gasteiger partial charge in [-0.1, -0.05) is 17.7 Å². The minimum absolute atomic E-state index is 0.342. The molecule has 1 fully saturated rings. The first-order chi connectivity index (χ1) is 10.5. The average Bonchev–Trinajstić information content (AvgIpc) is 3.06. The van der Waals surface area contributed by atoms with Crippen molar-refractivity contribution in [3.05, 3.63) is 45.9 Å². The summed E-state index contributed by atoms with van der Waals surface area (Å²) in [6.07, 6.45) is 0.747. The molecule has 5 heteroatoms. The molecule has 1 aliphatic heterocycles. The van der Waals surface area contributed by atoms with Gasteiger partial charge in [-0.05, 0) is 32.4 Å². The molecular weight excluding hydrogens is 296 g/mol. The van der Waals surface area contributed by atoms with E-state index in [1.54, 1.807) is 11.3 Å². The van der Waals surface area contributed by atoms with Crippen molar-refractivity contribution in [1.29, 1.82) is 0 Å². The van der Waals surface area contributed by atoms with E-state index in [-0.39, 0.29) is 0 Å². The van der Waals surface area contributed by atoms with Crippen molar-refractivity contribution >= 4 is 11.3 Å². The molecule has 3 rings (SSSR count). The van der Waals surface area contributed by atoms with Crippen molar-refractivity contribution in [2.45, 2.75) is 32.4 Å². The van der Waals surface area contributed by atoms with Gasteiger partial charge in [-0.3, -0.25) is 4.90 Å². The Bertz CT molecular complexity index is 626. The Labute approximate surface area is 135 Å². The maximum atomic E-state index is 10.7. The van der Waals surface area contributed by atoms with Crippen molar-refractivity contribution in [1.82, 2.24) is 9.88 Å². The highest BCUT2D eigenvalue weighted by atomic mass is 32.1. The van der Waals surface area contributed by atoms with E-state index in [0.717, 1.165) is 31.0 Å². The molecule has 1 atom stereocenters. The number of aliphatic hydroxyl groups is 1. The first-order valence-electron chi connectivity index (χ1n) is 7.57. The van der Waals surface area contributed by atoms with Crippen molar-refractivity contribution in [3.8, 4) is 5.75 Å². The van der Waals surface area contributed by atoms with Crippen molar-refractivity contribution < 1.29 is 9.84 Å². The van der Waals surface area contributed by atoms with Crippen LogP contribution in [0.5, 0.6) is 5.75 Å². The van der Waals surface area contributed by atoms with Gasteiger partial charge >= 0.3 is 0 Å². The van der Waals surface area contributed by atoms with E-state index in [9.17, 15) is 5.11 Å². The molecule has 0 radical (unpaired) electrons. The van der Waals surface area contributed by atoms with E-state index >= 15 is 0 Å². The lowest BCUT2D eigenvalue weighted by Gasteiger charge is -2.23. The molecule has 0 aliphatic carbocycles. The monoisotopic (exact) mass is 318 g/mol. The maximum Gasteiger partial charge on any atom is 0.119 e. The Balaban J connectivity index is 1.54. The normalized spacial score (nSPS) is 22.1. The number of ether oxygens (including phenoxy) is 1. The number of hydrogen-bond acceptors (Lipinski definition) is 5. The number of thiazole rings is 1. The van der Waals surface area contributed by atoms with Gasteiger partial charge in [0.1, 0.15) is 18.0 Å². The quantitative estimate of drug-likeness (QED) is 0.921. The van der Waals surface area contributed by atoms with Gasteiger partial charge in [-0.15, -0.1) is 11.3 Å². The molecule has 1 saturated heterocycles. The summed E-state index contributed by atoms with van der Waals surface area (Å²) in [5.41, 5.74) is 3.42. The van der Waals surface area contributed by atoms with E-state index in [1.165, 1.54) is 10.4 Å². The predicted octanol–water partition coefficient (Wildman–Crippen LogP) is 2.78. The van der Waals surface area contributed by atoms with Gasteiger partial charge in [0.05, 0.1) is 11.2 Å². The predicted molar refractivity (Wildman–Crippen MR) is 88.4 cm³/mol. The number of likely N-dealkylation sites (tertiary alicyclic amines) is 1. The molecule has 4 nitrogen and oxygen atoms in total. The molecule has 0 bridgehead atoms. The summed E-state index contributed by atoms with van der Waals surface area (Å²) in [4.78, 5) is 7.84. The third-order valence-electron chi connectivity index (χ3n) is 4.15. The van der Waals surface area contributed by atoms with Gasteiger partial charge in [0.25, 0.3) is 0 Å². The standard InChI is InChI=1S/C17H22N2O2S/c1-13-3-5-15(6-4-13)21-11-17(20)7-8-19(10-17)9-16-14(2)18-12-22-16/h3-6,12,20H,7-11H2,1-2H3. The largest absolute Gasteiger partial charge is 0.491 e. The number of aromatic nitrogens is 1. The van der Waals surface area contributed by atoms with Gasteiger partial charge in [-0.2, -0.15) is 0 Å². The lowest BCUT2D eigenvalue weighted by molar-refractivity contribution is 0.00343. The first-order valence-corrected chi connectivity index (χ1v) is 8.45. The van der Waals surface area contributed by atoms with Gasteiger partial charge in [-0.25, -0.2) is 4.98 Å². The first kappa shape index (κ1) is 15.5. The number of aryl methyl sites for hydroxylation is 2. The van der Waals surface area contributed by atoms with E-state index in [0.29, 0.717) is 13.2 Å². The van der Waals surface area contributed by atoms with Gasteiger partial charge < -0.3 is 9.84 Å². The summed E-state index contributed by atoms with van der Waals surface area (Å²) in [6.45, 7) is 6.83. The molecule has 2 heterocycles. The Morgan fingerprint density at radius 3 is 2.77 bits per heavy atom. The fraction of sp³-hybridized carbons (Fsp3) is 0.471. The zero-order valence-electron chi connectivity index (χ0n) is 13.1. The average molecular weight is 318 g/mol. The van der Waals surface area contributed by atoms with Crippen molar-refractivity contribution in [2.24, 2.45) is 0 Å². The molecular formula is C17H22N2O2S. The zero-order valence-corrected chi connectivity index (χ0v) is 13.9. The highest BCUT2D eigenvalue weighted by Gasteiger charge is 2.37. The van der Waals surface area contributed by atoms with Crippen LogP contribution in [0.3, 0.4) is 0 Å². The smallest absolute Gasteiger partial charge is 0.119 e. The minimum atomic E-state index is -0.760. The molecule has 1 aromatic heterocycles. The summed E-state index contributed by atoms with van der Waals surface area (Å²) in [5, 5.41) is 10.7. The minimum Gasteiger partial charge on any atom is -0.491 e. The molecule has 0 saturated carbocycles. The summed E-state index contributed by atoms with van der Waals surface area (Å²) in [7, 11) is 0. The van der Waals surface area contributed by atoms with Crippen molar-refractivity contribution in [2.75, 3.05) is 19.7 Å². The Morgan fingerprint density at radius 1 is 1.32 bits per heavy atom. The highest BCUT2D eigenvalue weighted by Crippen LogP contribution is 2.26. The number of hydrogen-bond donors (Lipinski definition) is 1. The van der Waals surface area contributed by atoms with Crippen LogP contribution in [-0.2, 0) is 6.54 Å². The number of β-amino-alcohol motifs (C(OH)–C–C–N with tert-alkyl or cyclic N) is 1. The lowest BCUT2D eigenvalue weighted by Crippen LogP contribution is -2.39. The zero-order chi connectivity index (χ0) is 15.6. The second kappa shape index (κ2) is 6.36. The van der Waals surface area contributed by atoms with Crippen LogP contribution in [-0.4, -0.2) is 40.3 Å². The van der Waals surface area contributed by atoms with Crippen LogP contribution >= 0.6 is 11.3 Å².